The molecule has 0 aromatic carbocycles. The Balaban J connectivity index is 2.80. The van der Waals surface area contributed by atoms with Crippen LogP contribution in [0.1, 0.15) is 20.8 Å². The van der Waals surface area contributed by atoms with Gasteiger partial charge in [-0.2, -0.15) is 0 Å². The molecule has 1 N–H and O–H groups in total. The van der Waals surface area contributed by atoms with Crippen molar-refractivity contribution in [3.05, 3.63) is 26.4 Å². The molecule has 0 saturated carbocycles. The second-order valence-corrected chi connectivity index (χ2v) is 11.6. The molecule has 1 heterocycles. The van der Waals surface area contributed by atoms with Gasteiger partial charge < -0.3 is 29.8 Å². The van der Waals surface area contributed by atoms with Crippen molar-refractivity contribution in [2.45, 2.75) is 51.6 Å². The first-order valence-electron chi connectivity index (χ1n) is 7.03. The molecule has 0 amide bonds. The number of imidazole rings is 1. The van der Waals surface area contributed by atoms with Crippen LogP contribution in [0.25, 0.3) is 0 Å². The zero-order chi connectivity index (χ0) is 18.0. The smallest absolute Gasteiger partial charge is 0.414 e. The molecule has 0 bridgehead atoms. The van der Waals surface area contributed by atoms with Gasteiger partial charge in [0.25, 0.3) is 0 Å². The first-order valence-corrected chi connectivity index (χ1v) is 9.94. The maximum atomic E-state index is 10.9. The Morgan fingerprint density at radius 1 is 1.35 bits per heavy atom. The number of aliphatic hydroxyl groups excluding tert-OH is 1. The van der Waals surface area contributed by atoms with E-state index >= 15 is 0 Å². The number of rotatable bonds is 7. The van der Waals surface area contributed by atoms with Gasteiger partial charge in [-0.1, -0.05) is 20.8 Å². The standard InChI is InChI=1S/C12H22N4O6Si/c1-12(2,3)23(4,5)22-8-9(17)6-14-7-10(15(18)19)13-11(14)16(20)21/h7,9,17H,6,8H2,1-5H3/t9-/m0/s1. The molecule has 0 aliphatic carbocycles. The first-order chi connectivity index (χ1) is 10.3. The van der Waals surface area contributed by atoms with Crippen LogP contribution in [0, 0.1) is 20.2 Å². The number of nitro groups is 2. The highest BCUT2D eigenvalue weighted by atomic mass is 28.4. The lowest BCUT2D eigenvalue weighted by Crippen LogP contribution is -2.43. The highest BCUT2D eigenvalue weighted by Crippen LogP contribution is 2.36. The molecule has 1 aromatic heterocycles. The number of aliphatic hydroxyl groups is 1. The quantitative estimate of drug-likeness (QED) is 0.454. The lowest BCUT2D eigenvalue weighted by atomic mass is 10.2. The monoisotopic (exact) mass is 346 g/mol. The van der Waals surface area contributed by atoms with E-state index in [1.807, 2.05) is 13.1 Å². The molecule has 23 heavy (non-hydrogen) atoms. The number of hydrogen-bond acceptors (Lipinski definition) is 7. The molecule has 1 aromatic rings. The molecular weight excluding hydrogens is 324 g/mol. The van der Waals surface area contributed by atoms with Crippen LogP contribution >= 0.6 is 0 Å². The van der Waals surface area contributed by atoms with Gasteiger partial charge in [-0.05, 0) is 33.0 Å². The van der Waals surface area contributed by atoms with Crippen LogP contribution in [0.3, 0.4) is 0 Å². The van der Waals surface area contributed by atoms with Crippen molar-refractivity contribution in [2.75, 3.05) is 6.61 Å². The molecule has 0 aliphatic heterocycles. The first kappa shape index (κ1) is 19.2. The molecule has 10 nitrogen and oxygen atoms in total. The van der Waals surface area contributed by atoms with Gasteiger partial charge in [0.1, 0.15) is 6.10 Å². The Kier molecular flexibility index (Phi) is 5.61. The van der Waals surface area contributed by atoms with E-state index in [9.17, 15) is 25.3 Å². The van der Waals surface area contributed by atoms with E-state index in [-0.39, 0.29) is 18.2 Å². The Hall–Kier alpha value is -1.85. The number of nitrogens with zero attached hydrogens (tertiary/aromatic N) is 4. The summed E-state index contributed by atoms with van der Waals surface area (Å²) in [5.41, 5.74) is 0. The lowest BCUT2D eigenvalue weighted by Gasteiger charge is -2.36. The van der Waals surface area contributed by atoms with E-state index in [2.05, 4.69) is 25.8 Å². The minimum Gasteiger partial charge on any atom is -0.414 e. The van der Waals surface area contributed by atoms with Crippen LogP contribution < -0.4 is 0 Å². The van der Waals surface area contributed by atoms with Gasteiger partial charge >= 0.3 is 11.8 Å². The van der Waals surface area contributed by atoms with Gasteiger partial charge in [0.05, 0.1) is 13.2 Å². The van der Waals surface area contributed by atoms with Crippen LogP contribution in [0.15, 0.2) is 6.20 Å². The summed E-state index contributed by atoms with van der Waals surface area (Å²) >= 11 is 0. The van der Waals surface area contributed by atoms with Gasteiger partial charge in [-0.3, -0.25) is 0 Å². The molecule has 0 fully saturated rings. The third-order valence-corrected chi connectivity index (χ3v) is 8.44. The summed E-state index contributed by atoms with van der Waals surface area (Å²) in [5.74, 6) is -1.31. The van der Waals surface area contributed by atoms with Crippen LogP contribution in [-0.2, 0) is 11.0 Å². The summed E-state index contributed by atoms with van der Waals surface area (Å²) in [4.78, 5) is 23.2. The topological polar surface area (TPSA) is 134 Å². The molecule has 0 spiro atoms. The summed E-state index contributed by atoms with van der Waals surface area (Å²) < 4.78 is 6.79. The van der Waals surface area contributed by atoms with Crippen molar-refractivity contribution in [1.82, 2.24) is 9.55 Å². The normalized spacial score (nSPS) is 13.8. The molecule has 11 heteroatoms. The average Bonchev–Trinajstić information content (AvgIpc) is 2.79. The molecule has 1 rings (SSSR count). The summed E-state index contributed by atoms with van der Waals surface area (Å²) in [6, 6.07) is 0. The minimum absolute atomic E-state index is 0.000373. The molecular formula is C12H22N4O6Si. The van der Waals surface area contributed by atoms with Crippen molar-refractivity contribution in [2.24, 2.45) is 0 Å². The zero-order valence-electron chi connectivity index (χ0n) is 13.8. The largest absolute Gasteiger partial charge is 0.439 e. The van der Waals surface area contributed by atoms with Gasteiger partial charge in [0.15, 0.2) is 14.5 Å². The Bertz CT molecular complexity index is 595. The lowest BCUT2D eigenvalue weighted by molar-refractivity contribution is -0.403. The van der Waals surface area contributed by atoms with E-state index in [0.29, 0.717) is 0 Å². The van der Waals surface area contributed by atoms with Gasteiger partial charge in [-0.15, -0.1) is 0 Å². The summed E-state index contributed by atoms with van der Waals surface area (Å²) in [6.45, 7) is 9.99. The second kappa shape index (κ2) is 6.72. The molecule has 0 aliphatic rings. The maximum absolute atomic E-state index is 10.9. The number of hydrogen-bond donors (Lipinski definition) is 1. The van der Waals surface area contributed by atoms with Crippen molar-refractivity contribution >= 4 is 20.1 Å². The van der Waals surface area contributed by atoms with Crippen molar-refractivity contribution in [1.29, 1.82) is 0 Å². The maximum Gasteiger partial charge on any atom is 0.439 e. The third-order valence-electron chi connectivity index (χ3n) is 3.94. The summed E-state index contributed by atoms with van der Waals surface area (Å²) in [7, 11) is -2.06. The van der Waals surface area contributed by atoms with Gasteiger partial charge in [-0.25, -0.2) is 4.57 Å². The predicted molar refractivity (Wildman–Crippen MR) is 84.7 cm³/mol. The predicted octanol–water partition coefficient (Wildman–Crippen LogP) is 2.08. The molecule has 1 atom stereocenters. The van der Waals surface area contributed by atoms with E-state index in [0.717, 1.165) is 10.8 Å². The minimum atomic E-state index is -2.06. The molecule has 0 unspecified atom stereocenters. The van der Waals surface area contributed by atoms with Crippen LogP contribution in [0.5, 0.6) is 0 Å². The van der Waals surface area contributed by atoms with E-state index < -0.39 is 36.0 Å². The van der Waals surface area contributed by atoms with Crippen LogP contribution in [0.4, 0.5) is 11.8 Å². The SMILES string of the molecule is CC(C)(C)[Si](C)(C)OC[C@@H](O)Cn1cc([N+](=O)[O-])nc1[N+](=O)[O-]. The second-order valence-electron chi connectivity index (χ2n) is 6.79. The van der Waals surface area contributed by atoms with E-state index in [4.69, 9.17) is 4.43 Å². The Morgan fingerprint density at radius 3 is 2.35 bits per heavy atom. The van der Waals surface area contributed by atoms with Gasteiger partial charge in [0.2, 0.25) is 0 Å². The van der Waals surface area contributed by atoms with Crippen molar-refractivity contribution in [3.63, 3.8) is 0 Å². The third kappa shape index (κ3) is 4.81. The highest BCUT2D eigenvalue weighted by molar-refractivity contribution is 6.74. The fourth-order valence-electron chi connectivity index (χ4n) is 1.56. The highest BCUT2D eigenvalue weighted by Gasteiger charge is 2.37. The molecule has 0 radical (unpaired) electrons. The van der Waals surface area contributed by atoms with Crippen LogP contribution in [0.2, 0.25) is 18.1 Å². The zero-order valence-corrected chi connectivity index (χ0v) is 14.8. The Morgan fingerprint density at radius 2 is 1.91 bits per heavy atom. The molecule has 130 valence electrons. The Labute approximate surface area is 134 Å². The number of aromatic nitrogens is 2. The van der Waals surface area contributed by atoms with Crippen molar-refractivity contribution in [3.8, 4) is 0 Å². The molecule has 0 saturated heterocycles. The van der Waals surface area contributed by atoms with Crippen molar-refractivity contribution < 1.29 is 19.4 Å². The fraction of sp³-hybridized carbons (Fsp3) is 0.750. The van der Waals surface area contributed by atoms with E-state index in [1.54, 1.807) is 0 Å². The summed E-state index contributed by atoms with van der Waals surface area (Å²) in [5, 5.41) is 31.6. The fourth-order valence-corrected chi connectivity index (χ4v) is 2.60. The van der Waals surface area contributed by atoms with E-state index in [1.165, 1.54) is 0 Å². The van der Waals surface area contributed by atoms with Gasteiger partial charge in [0, 0.05) is 0 Å². The van der Waals surface area contributed by atoms with Crippen LogP contribution in [-0.4, -0.2) is 45.5 Å². The summed E-state index contributed by atoms with van der Waals surface area (Å²) in [6.07, 6.45) is -0.0927. The average molecular weight is 346 g/mol.